The van der Waals surface area contributed by atoms with Crippen molar-refractivity contribution in [2.75, 3.05) is 65.6 Å². The molecule has 0 rings (SSSR count). The van der Waals surface area contributed by atoms with Crippen LogP contribution in [0, 0.1) is 10.2 Å². The Labute approximate surface area is 598 Å². The second kappa shape index (κ2) is 63.4. The number of carbonyl (C=O) groups is 13. The maximum absolute atomic E-state index is 12.9. The Kier molecular flexibility index (Phi) is 59.3. The molecule has 0 radical (unpaired) electrons. The summed E-state index contributed by atoms with van der Waals surface area (Å²) in [6.45, 7) is -1.24. The predicted molar refractivity (Wildman–Crippen MR) is 376 cm³/mol. The third-order valence-electron chi connectivity index (χ3n) is 15.7. The Morgan fingerprint density at radius 1 is 0.450 bits per heavy atom. The van der Waals surface area contributed by atoms with Crippen LogP contribution in [0.4, 0.5) is 0 Å². The quantitative estimate of drug-likeness (QED) is 0.0108. The first kappa shape index (κ1) is 93.5. The number of carbonyl (C=O) groups excluding carboxylic acids is 11. The van der Waals surface area contributed by atoms with Gasteiger partial charge in [0.05, 0.1) is 26.3 Å². The van der Waals surface area contributed by atoms with Crippen molar-refractivity contribution in [1.29, 1.82) is 5.26 Å². The number of ketones is 3. The third-order valence-corrected chi connectivity index (χ3v) is 17.7. The van der Waals surface area contributed by atoms with Gasteiger partial charge in [-0.25, -0.2) is 4.57 Å². The maximum Gasteiger partial charge on any atom is 0.306 e. The van der Waals surface area contributed by atoms with E-state index in [0.29, 0.717) is 24.2 Å². The zero-order chi connectivity index (χ0) is 74.3. The smallest absolute Gasteiger partial charge is 0.306 e. The van der Waals surface area contributed by atoms with Crippen molar-refractivity contribution in [1.82, 2.24) is 25.8 Å². The first-order chi connectivity index (χ1) is 48.0. The van der Waals surface area contributed by atoms with Gasteiger partial charge >= 0.3 is 163 Å². The normalized spacial score (nSPS) is 12.1. The topological polar surface area (TPSA) is 403 Å². The molecule has 0 saturated heterocycles. The van der Waals surface area contributed by atoms with E-state index in [-0.39, 0.29) is 96.2 Å². The fourth-order valence-corrected chi connectivity index (χ4v) is 11.4. The van der Waals surface area contributed by atoms with E-state index < -0.39 is 157 Å². The number of unbranched alkanes of at least 4 members (excludes halogenated alkanes) is 23. The molecule has 2 unspecified atom stereocenters. The number of hydrogen-bond donors (Lipinski definition) is 6. The average Bonchev–Trinajstić information content (AvgIpc) is 0.949. The van der Waals surface area contributed by atoms with Gasteiger partial charge in [-0.1, -0.05) is 141 Å². The Balaban J connectivity index is 4.85. The van der Waals surface area contributed by atoms with Crippen LogP contribution in [0.25, 0.3) is 0 Å². The minimum Gasteiger partial charge on any atom is -0.456 e. The van der Waals surface area contributed by atoms with Crippen LogP contribution in [-0.2, 0) is 85.4 Å². The molecule has 2 atom stereocenters. The number of carboxylic acids is 2. The van der Waals surface area contributed by atoms with Crippen LogP contribution in [0.2, 0.25) is 0 Å². The van der Waals surface area contributed by atoms with E-state index in [1.165, 1.54) is 77.0 Å². The minimum absolute atomic E-state index is 0.00271. The number of Topliss-reactive ketones (excluding diaryl/α,β-unsaturated/α-hetero) is 3. The van der Waals surface area contributed by atoms with Crippen molar-refractivity contribution in [3.8, 4) is 4.97 Å². The summed E-state index contributed by atoms with van der Waals surface area (Å²) in [5.41, 5.74) is 0. The van der Waals surface area contributed by atoms with Gasteiger partial charge in [0.1, 0.15) is 18.9 Å². The Morgan fingerprint density at radius 2 is 0.920 bits per heavy atom. The predicted octanol–water partition coefficient (Wildman–Crippen LogP) is 9.93. The van der Waals surface area contributed by atoms with Crippen LogP contribution in [0.1, 0.15) is 271 Å². The minimum atomic E-state index is -4.71. The summed E-state index contributed by atoms with van der Waals surface area (Å²) in [6, 6.07) is 0. The number of esters is 2. The van der Waals surface area contributed by atoms with Gasteiger partial charge in [-0.2, -0.15) is 0 Å². The van der Waals surface area contributed by atoms with E-state index in [1.54, 1.807) is 4.97 Å². The van der Waals surface area contributed by atoms with Crippen molar-refractivity contribution in [3.63, 3.8) is 0 Å². The second-order valence-electron chi connectivity index (χ2n) is 24.8. The number of rotatable bonds is 69. The Hall–Kier alpha value is -6.49. The van der Waals surface area contributed by atoms with Gasteiger partial charge in [-0.15, -0.1) is 0 Å². The van der Waals surface area contributed by atoms with E-state index in [0.717, 1.165) is 81.9 Å². The van der Waals surface area contributed by atoms with Gasteiger partial charge in [-0.05, 0) is 89.9 Å². The van der Waals surface area contributed by atoms with E-state index in [9.17, 15) is 82.0 Å². The molecule has 0 fully saturated rings. The van der Waals surface area contributed by atoms with Gasteiger partial charge < -0.3 is 29.7 Å². The number of nitriles is 1. The Bertz CT molecular complexity index is 2580. The van der Waals surface area contributed by atoms with Crippen LogP contribution in [0.15, 0.2) is 24.3 Å². The van der Waals surface area contributed by atoms with E-state index in [2.05, 4.69) is 54.1 Å². The van der Waals surface area contributed by atoms with Gasteiger partial charge in [0, 0.05) is 51.4 Å². The number of hydrogen-bond acceptors (Lipinski definition) is 19. The van der Waals surface area contributed by atoms with Crippen LogP contribution < -0.4 is 16.0 Å². The summed E-state index contributed by atoms with van der Waals surface area (Å²) in [5, 5.41) is 34.2. The molecular weight excluding hydrogens is 1380 g/mol. The molecule has 29 heteroatoms. The molecule has 0 spiro atoms. The fraction of sp³-hybridized carbons (Fsp3) is 0.746. The number of phosphoric acid groups is 1. The van der Waals surface area contributed by atoms with Crippen LogP contribution in [0.3, 0.4) is 0 Å². The number of nitrogens with zero attached hydrogens (tertiary/aromatic N) is 3. The molecule has 0 aliphatic carbocycles. The molecule has 0 heterocycles. The number of nitrogens with one attached hydrogen (secondary N) is 3. The van der Waals surface area contributed by atoms with Crippen molar-refractivity contribution < 1.29 is 101 Å². The molecule has 0 aromatic carbocycles. The van der Waals surface area contributed by atoms with Gasteiger partial charge in [0.15, 0.2) is 17.7 Å². The molecule has 0 aliphatic rings. The molecule has 0 aromatic heterocycles. The van der Waals surface area contributed by atoms with Gasteiger partial charge in [0.2, 0.25) is 11.8 Å². The zero-order valence-electron chi connectivity index (χ0n) is 59.6. The van der Waals surface area contributed by atoms with E-state index in [4.69, 9.17) is 23.8 Å². The van der Waals surface area contributed by atoms with Crippen molar-refractivity contribution in [3.05, 3.63) is 24.3 Å². The maximum atomic E-state index is 12.9. The number of phosphoric ester groups is 1. The second-order valence-corrected chi connectivity index (χ2v) is 28.1. The number of amides is 5. The molecule has 5 amide bonds. The first-order valence-electron chi connectivity index (χ1n) is 36.2. The largest absolute Gasteiger partial charge is 0.456 e. The zero-order valence-corrected chi connectivity index (χ0v) is 62.2. The molecule has 0 saturated carbocycles. The molecule has 0 aliphatic heterocycles. The number of aliphatic carboxylic acids is 2. The third kappa shape index (κ3) is 60.3. The fourth-order valence-electron chi connectivity index (χ4n) is 9.99. The molecule has 6 N–H and O–H groups in total. The molecule has 27 nitrogen and oxygen atoms in total. The van der Waals surface area contributed by atoms with Gasteiger partial charge in [0.25, 0.3) is 0 Å². The number of carboxylic acid groups (broad SMARTS) is 2. The summed E-state index contributed by atoms with van der Waals surface area (Å²) in [5.74, 6) is -9.07. The number of allylic oxidation sites excluding steroid dienone is 4. The van der Waals surface area contributed by atoms with Crippen LogP contribution in [-0.4, -0.2) is 187 Å². The molecular formula is C71H117N6O21PSe. The van der Waals surface area contributed by atoms with Gasteiger partial charge in [-0.3, -0.25) is 47.4 Å². The standard InChI is InChI=1S/C71H117N6O21PSe/c1-3-5-7-9-11-13-15-17-19-21-23-25-27-29-31-41-69(90)95-55-61(98-70(91)42-32-30-28-26-24-22-20-18-16-14-12-10-8-6-4-2)56-97-99(93,94)96-48-36-39-58(78)37-33-34-40-62(81)74-49-59(79)43-45-65(84)76(53-67(86)87)51-60(80)38-35-47-73-64(83)52-77(54-68(88)89)66(85)50-75-63(82)44-46-71(92)100-57-72/h17-20,61H,3-16,21-56H2,1-2H3,(H,73,83)(H,74,81)(H,75,82)(H,86,87)(H,88,89)(H,93,94)/b19-17-,20-18-. The van der Waals surface area contributed by atoms with Crippen molar-refractivity contribution in [2.45, 2.75) is 277 Å². The SMILES string of the molecule is CCCCCCCC/C=C\CCCCCCCC(=O)OCC(COP(=O)(O)OCCCC(=O)CCCCC(=O)NCC(=O)CCC(=O)N(CC(=O)O)CC(=O)CCCNC(=O)CN(CC(=O)O)C(=O)CNC(=O)CCC(=O)[Se]C#N)OC(=O)CCCCCCC/C=C\CCCCCCCC. The average molecular weight is 1500 g/mol. The summed E-state index contributed by atoms with van der Waals surface area (Å²) in [4.78, 5) is 174. The molecule has 0 aromatic rings. The van der Waals surface area contributed by atoms with Crippen LogP contribution >= 0.6 is 7.82 Å². The first-order valence-corrected chi connectivity index (χ1v) is 39.4. The molecule has 568 valence electrons. The monoisotopic (exact) mass is 1500 g/mol. The summed E-state index contributed by atoms with van der Waals surface area (Å²) < 4.78 is 33.8. The molecule has 100 heavy (non-hydrogen) atoms. The van der Waals surface area contributed by atoms with Crippen molar-refractivity contribution in [2.24, 2.45) is 0 Å². The summed E-state index contributed by atoms with van der Waals surface area (Å²) in [6.07, 6.45) is 36.0. The Morgan fingerprint density at radius 3 is 1.47 bits per heavy atom. The summed E-state index contributed by atoms with van der Waals surface area (Å²) in [7, 11) is -4.71. The summed E-state index contributed by atoms with van der Waals surface area (Å²) >= 11 is -0.943. The number of ether oxygens (including phenoxy) is 2. The van der Waals surface area contributed by atoms with Crippen LogP contribution in [0.5, 0.6) is 0 Å². The van der Waals surface area contributed by atoms with E-state index in [1.807, 2.05) is 0 Å². The molecule has 0 bridgehead atoms. The van der Waals surface area contributed by atoms with Crippen molar-refractivity contribution >= 4 is 98.2 Å². The van der Waals surface area contributed by atoms with E-state index >= 15 is 0 Å².